The van der Waals surface area contributed by atoms with Crippen LogP contribution in [0.15, 0.2) is 42.5 Å². The van der Waals surface area contributed by atoms with E-state index >= 15 is 0 Å². The first kappa shape index (κ1) is 18.8. The van der Waals surface area contributed by atoms with Crippen LogP contribution in [0.5, 0.6) is 0 Å². The molecule has 0 bridgehead atoms. The highest BCUT2D eigenvalue weighted by atomic mass is 16.3. The number of aliphatic hydroxyl groups is 1. The highest BCUT2D eigenvalue weighted by Crippen LogP contribution is 2.17. The first-order valence-corrected chi connectivity index (χ1v) is 8.40. The average molecular weight is 341 g/mol. The molecule has 2 rings (SSSR count). The van der Waals surface area contributed by atoms with Gasteiger partial charge >= 0.3 is 6.03 Å². The molecular formula is C20H27N3O2. The Bertz CT molecular complexity index is 729. The lowest BCUT2D eigenvalue weighted by atomic mass is 10.0. The molecule has 3 N–H and O–H groups in total. The van der Waals surface area contributed by atoms with Crippen LogP contribution in [0.1, 0.15) is 28.4 Å². The number of carbonyl (C=O) groups excluding carboxylic acids is 1. The quantitative estimate of drug-likeness (QED) is 0.757. The molecule has 0 fully saturated rings. The number of aliphatic hydroxyl groups excluding tert-OH is 1. The van der Waals surface area contributed by atoms with Crippen molar-refractivity contribution >= 4 is 11.7 Å². The fraction of sp³-hybridized carbons (Fsp3) is 0.350. The molecule has 2 aromatic rings. The van der Waals surface area contributed by atoms with Crippen LogP contribution in [0, 0.1) is 13.8 Å². The smallest absolute Gasteiger partial charge is 0.315 e. The van der Waals surface area contributed by atoms with Crippen molar-refractivity contribution in [1.82, 2.24) is 10.6 Å². The summed E-state index contributed by atoms with van der Waals surface area (Å²) in [6.45, 7) is 4.60. The highest BCUT2D eigenvalue weighted by molar-refractivity contribution is 5.74. The van der Waals surface area contributed by atoms with Crippen molar-refractivity contribution in [3.63, 3.8) is 0 Å². The normalized spacial score (nSPS) is 11.7. The third-order valence-electron chi connectivity index (χ3n) is 4.29. The molecular weight excluding hydrogens is 314 g/mol. The number of aryl methyl sites for hydroxylation is 2. The van der Waals surface area contributed by atoms with Gasteiger partial charge in [0.15, 0.2) is 0 Å². The van der Waals surface area contributed by atoms with E-state index in [2.05, 4.69) is 16.7 Å². The van der Waals surface area contributed by atoms with Crippen LogP contribution in [-0.4, -0.2) is 31.8 Å². The lowest BCUT2D eigenvalue weighted by Gasteiger charge is -2.16. The number of hydrogen-bond acceptors (Lipinski definition) is 3. The van der Waals surface area contributed by atoms with Crippen molar-refractivity contribution in [2.24, 2.45) is 0 Å². The van der Waals surface area contributed by atoms with E-state index in [1.54, 1.807) is 0 Å². The summed E-state index contributed by atoms with van der Waals surface area (Å²) in [6.07, 6.45) is -0.715. The Hall–Kier alpha value is -2.53. The Morgan fingerprint density at radius 1 is 1.08 bits per heavy atom. The van der Waals surface area contributed by atoms with E-state index in [0.29, 0.717) is 6.54 Å². The van der Waals surface area contributed by atoms with Gasteiger partial charge in [0.25, 0.3) is 0 Å². The molecule has 0 aliphatic rings. The van der Waals surface area contributed by atoms with E-state index in [1.807, 2.05) is 69.2 Å². The zero-order valence-corrected chi connectivity index (χ0v) is 15.3. The van der Waals surface area contributed by atoms with Crippen LogP contribution < -0.4 is 15.5 Å². The Balaban J connectivity index is 1.84. The summed E-state index contributed by atoms with van der Waals surface area (Å²) in [7, 11) is 4.00. The van der Waals surface area contributed by atoms with Crippen LogP contribution in [0.4, 0.5) is 10.5 Å². The second kappa shape index (κ2) is 8.53. The van der Waals surface area contributed by atoms with Crippen molar-refractivity contribution in [2.45, 2.75) is 26.5 Å². The van der Waals surface area contributed by atoms with Gasteiger partial charge in [-0.25, -0.2) is 4.79 Å². The molecule has 5 heteroatoms. The highest BCUT2D eigenvalue weighted by Gasteiger charge is 2.11. The Labute approximate surface area is 149 Å². The van der Waals surface area contributed by atoms with E-state index in [0.717, 1.165) is 27.9 Å². The minimum Gasteiger partial charge on any atom is -0.387 e. The Kier molecular flexibility index (Phi) is 6.42. The Morgan fingerprint density at radius 2 is 1.80 bits per heavy atom. The summed E-state index contributed by atoms with van der Waals surface area (Å²) >= 11 is 0. The van der Waals surface area contributed by atoms with Crippen LogP contribution in [0.25, 0.3) is 0 Å². The number of amides is 2. The van der Waals surface area contributed by atoms with Crippen LogP contribution in [0.3, 0.4) is 0 Å². The standard InChI is InChI=1S/C20H27N3O2/c1-14-7-5-6-8-18(14)19(24)13-22-20(25)21-12-16-9-10-17(23(3)4)11-15(16)2/h5-11,19,24H,12-13H2,1-4H3,(H2,21,22,25). The van der Waals surface area contributed by atoms with Gasteiger partial charge in [0, 0.05) is 32.9 Å². The third kappa shape index (κ3) is 5.22. The number of urea groups is 1. The van der Waals surface area contributed by atoms with Crippen molar-refractivity contribution in [1.29, 1.82) is 0 Å². The number of hydrogen-bond donors (Lipinski definition) is 3. The second-order valence-corrected chi connectivity index (χ2v) is 6.44. The second-order valence-electron chi connectivity index (χ2n) is 6.44. The molecule has 25 heavy (non-hydrogen) atoms. The fourth-order valence-corrected chi connectivity index (χ4v) is 2.65. The molecule has 1 atom stereocenters. The molecule has 2 amide bonds. The SMILES string of the molecule is Cc1cc(N(C)C)ccc1CNC(=O)NCC(O)c1ccccc1C. The van der Waals surface area contributed by atoms with Gasteiger partial charge in [0.2, 0.25) is 0 Å². The molecule has 0 aliphatic heterocycles. The minimum absolute atomic E-state index is 0.176. The topological polar surface area (TPSA) is 64.6 Å². The van der Waals surface area contributed by atoms with Crippen LogP contribution >= 0.6 is 0 Å². The molecule has 2 aromatic carbocycles. The average Bonchev–Trinajstić information content (AvgIpc) is 2.58. The molecule has 0 heterocycles. The number of anilines is 1. The van der Waals surface area contributed by atoms with Gasteiger partial charge in [-0.15, -0.1) is 0 Å². The van der Waals surface area contributed by atoms with Gasteiger partial charge in [0.05, 0.1) is 6.10 Å². The van der Waals surface area contributed by atoms with Gasteiger partial charge in [-0.2, -0.15) is 0 Å². The molecule has 0 aliphatic carbocycles. The van der Waals surface area contributed by atoms with E-state index in [-0.39, 0.29) is 12.6 Å². The van der Waals surface area contributed by atoms with Crippen molar-refractivity contribution in [3.8, 4) is 0 Å². The molecule has 0 radical (unpaired) electrons. The first-order chi connectivity index (χ1) is 11.9. The number of carbonyl (C=O) groups is 1. The molecule has 0 saturated heterocycles. The summed E-state index contributed by atoms with van der Waals surface area (Å²) in [5.74, 6) is 0. The van der Waals surface area contributed by atoms with Gasteiger partial charge < -0.3 is 20.6 Å². The lowest BCUT2D eigenvalue weighted by Crippen LogP contribution is -2.37. The largest absolute Gasteiger partial charge is 0.387 e. The maximum atomic E-state index is 12.0. The fourth-order valence-electron chi connectivity index (χ4n) is 2.65. The van der Waals surface area contributed by atoms with Gasteiger partial charge in [-0.1, -0.05) is 30.3 Å². The van der Waals surface area contributed by atoms with E-state index in [4.69, 9.17) is 0 Å². The summed E-state index contributed by atoms with van der Waals surface area (Å²) in [5, 5.41) is 15.8. The number of nitrogens with zero attached hydrogens (tertiary/aromatic N) is 1. The maximum absolute atomic E-state index is 12.0. The van der Waals surface area contributed by atoms with Crippen molar-refractivity contribution in [3.05, 3.63) is 64.7 Å². The van der Waals surface area contributed by atoms with Crippen molar-refractivity contribution < 1.29 is 9.90 Å². The Morgan fingerprint density at radius 3 is 2.44 bits per heavy atom. The van der Waals surface area contributed by atoms with Gasteiger partial charge in [0.1, 0.15) is 0 Å². The van der Waals surface area contributed by atoms with E-state index in [1.165, 1.54) is 0 Å². The van der Waals surface area contributed by atoms with E-state index in [9.17, 15) is 9.90 Å². The molecule has 5 nitrogen and oxygen atoms in total. The molecule has 0 aromatic heterocycles. The maximum Gasteiger partial charge on any atom is 0.315 e. The predicted molar refractivity (Wildman–Crippen MR) is 102 cm³/mol. The zero-order valence-electron chi connectivity index (χ0n) is 15.3. The molecule has 0 spiro atoms. The van der Waals surface area contributed by atoms with Crippen LogP contribution in [0.2, 0.25) is 0 Å². The van der Waals surface area contributed by atoms with Gasteiger partial charge in [-0.3, -0.25) is 0 Å². The molecule has 134 valence electrons. The van der Waals surface area contributed by atoms with Gasteiger partial charge in [-0.05, 0) is 48.2 Å². The summed E-state index contributed by atoms with van der Waals surface area (Å²) in [5.41, 5.74) is 5.17. The lowest BCUT2D eigenvalue weighted by molar-refractivity contribution is 0.172. The number of nitrogens with one attached hydrogen (secondary N) is 2. The number of rotatable bonds is 6. The number of benzene rings is 2. The van der Waals surface area contributed by atoms with E-state index < -0.39 is 6.10 Å². The summed E-state index contributed by atoms with van der Waals surface area (Å²) in [4.78, 5) is 14.0. The zero-order chi connectivity index (χ0) is 18.4. The molecule has 1 unspecified atom stereocenters. The van der Waals surface area contributed by atoms with Crippen molar-refractivity contribution in [2.75, 3.05) is 25.5 Å². The first-order valence-electron chi connectivity index (χ1n) is 8.40. The summed E-state index contributed by atoms with van der Waals surface area (Å²) in [6, 6.07) is 13.5. The summed E-state index contributed by atoms with van der Waals surface area (Å²) < 4.78 is 0. The third-order valence-corrected chi connectivity index (χ3v) is 4.29. The molecule has 0 saturated carbocycles. The van der Waals surface area contributed by atoms with Crippen LogP contribution in [-0.2, 0) is 6.54 Å². The monoisotopic (exact) mass is 341 g/mol. The predicted octanol–water partition coefficient (Wildman–Crippen LogP) is 2.90. The minimum atomic E-state index is -0.715.